The van der Waals surface area contributed by atoms with Crippen molar-refractivity contribution in [3.05, 3.63) is 23.7 Å². The Hall–Kier alpha value is -1.24. The second-order valence-corrected chi connectivity index (χ2v) is 4.99. The van der Waals surface area contributed by atoms with E-state index < -0.39 is 0 Å². The number of furan rings is 1. The van der Waals surface area contributed by atoms with Crippen molar-refractivity contribution < 1.29 is 4.42 Å². The quantitative estimate of drug-likeness (QED) is 0.714. The Kier molecular flexibility index (Phi) is 4.86. The van der Waals surface area contributed by atoms with Gasteiger partial charge in [-0.1, -0.05) is 12.8 Å². The van der Waals surface area contributed by atoms with Crippen molar-refractivity contribution >= 4 is 0 Å². The van der Waals surface area contributed by atoms with Gasteiger partial charge in [0.2, 0.25) is 0 Å². The van der Waals surface area contributed by atoms with Crippen molar-refractivity contribution in [2.45, 2.75) is 45.3 Å². The second-order valence-electron chi connectivity index (χ2n) is 4.99. The average Bonchev–Trinajstić information content (AvgIpc) is 3.08. The van der Waals surface area contributed by atoms with Crippen LogP contribution >= 0.6 is 0 Å². The first-order valence-electron chi connectivity index (χ1n) is 6.77. The molecule has 2 rings (SSSR count). The van der Waals surface area contributed by atoms with Gasteiger partial charge in [-0.05, 0) is 31.9 Å². The minimum Gasteiger partial charge on any atom is -0.468 e. The van der Waals surface area contributed by atoms with Gasteiger partial charge in [0.15, 0.2) is 0 Å². The summed E-state index contributed by atoms with van der Waals surface area (Å²) in [6.07, 6.45) is 11.0. The fraction of sp³-hybridized carbons (Fsp3) is 0.600. The number of nitrogens with one attached hydrogen (secondary N) is 1. The zero-order valence-electron chi connectivity index (χ0n) is 11.1. The molecule has 1 fully saturated rings. The van der Waals surface area contributed by atoms with Crippen molar-refractivity contribution in [2.24, 2.45) is 0 Å². The molecule has 0 bridgehead atoms. The lowest BCUT2D eigenvalue weighted by molar-refractivity contribution is 0.272. The third-order valence-electron chi connectivity index (χ3n) is 3.11. The van der Waals surface area contributed by atoms with Crippen LogP contribution in [0.4, 0.5) is 0 Å². The molecule has 0 atom stereocenters. The molecule has 0 unspecified atom stereocenters. The molecule has 0 aromatic carbocycles. The van der Waals surface area contributed by atoms with Crippen LogP contribution in [0, 0.1) is 12.3 Å². The Bertz CT molecular complexity index is 401. The van der Waals surface area contributed by atoms with E-state index in [-0.39, 0.29) is 0 Å². The summed E-state index contributed by atoms with van der Waals surface area (Å²) in [7, 11) is 0. The van der Waals surface area contributed by atoms with Crippen LogP contribution in [0.5, 0.6) is 0 Å². The normalized spacial score (nSPS) is 14.9. The van der Waals surface area contributed by atoms with Crippen LogP contribution in [0.3, 0.4) is 0 Å². The Balaban J connectivity index is 1.81. The monoisotopic (exact) mass is 246 g/mol. The second kappa shape index (κ2) is 6.63. The Morgan fingerprint density at radius 2 is 2.39 bits per heavy atom. The molecular weight excluding hydrogens is 224 g/mol. The largest absolute Gasteiger partial charge is 0.468 e. The summed E-state index contributed by atoms with van der Waals surface area (Å²) >= 11 is 0. The molecule has 1 aromatic rings. The van der Waals surface area contributed by atoms with Gasteiger partial charge >= 0.3 is 0 Å². The third-order valence-corrected chi connectivity index (χ3v) is 3.11. The molecule has 18 heavy (non-hydrogen) atoms. The highest BCUT2D eigenvalue weighted by Gasteiger charge is 2.20. The van der Waals surface area contributed by atoms with E-state index in [0.29, 0.717) is 6.54 Å². The summed E-state index contributed by atoms with van der Waals surface area (Å²) in [5.74, 6) is 3.71. The van der Waals surface area contributed by atoms with Crippen LogP contribution in [0.15, 0.2) is 16.7 Å². The van der Waals surface area contributed by atoms with Gasteiger partial charge in [-0.2, -0.15) is 0 Å². The molecule has 0 radical (unpaired) electrons. The van der Waals surface area contributed by atoms with Gasteiger partial charge < -0.3 is 9.73 Å². The molecule has 1 aromatic heterocycles. The molecule has 1 N–H and O–H groups in total. The highest BCUT2D eigenvalue weighted by molar-refractivity contribution is 5.13. The van der Waals surface area contributed by atoms with Crippen molar-refractivity contribution in [3.8, 4) is 12.3 Å². The summed E-state index contributed by atoms with van der Waals surface area (Å²) in [5, 5.41) is 3.48. The van der Waals surface area contributed by atoms with Crippen molar-refractivity contribution in [3.63, 3.8) is 0 Å². The molecule has 3 heteroatoms. The Morgan fingerprint density at radius 3 is 3.06 bits per heavy atom. The van der Waals surface area contributed by atoms with Crippen LogP contribution in [0.25, 0.3) is 0 Å². The van der Waals surface area contributed by atoms with Gasteiger partial charge in [-0.15, -0.1) is 6.42 Å². The summed E-state index contributed by atoms with van der Waals surface area (Å²) in [4.78, 5) is 2.23. The fourth-order valence-corrected chi connectivity index (χ4v) is 2.03. The first-order valence-corrected chi connectivity index (χ1v) is 6.77. The van der Waals surface area contributed by atoms with E-state index in [9.17, 15) is 0 Å². The highest BCUT2D eigenvalue weighted by Crippen LogP contribution is 2.20. The molecule has 0 amide bonds. The van der Waals surface area contributed by atoms with Crippen LogP contribution in [-0.4, -0.2) is 24.0 Å². The summed E-state index contributed by atoms with van der Waals surface area (Å²) < 4.78 is 5.59. The van der Waals surface area contributed by atoms with Crippen LogP contribution in [-0.2, 0) is 13.1 Å². The van der Waals surface area contributed by atoms with Crippen molar-refractivity contribution in [1.29, 1.82) is 0 Å². The third kappa shape index (κ3) is 4.21. The molecule has 3 nitrogen and oxygen atoms in total. The molecule has 1 heterocycles. The number of hydrogen-bond acceptors (Lipinski definition) is 3. The van der Waals surface area contributed by atoms with Crippen LogP contribution in [0.2, 0.25) is 0 Å². The maximum Gasteiger partial charge on any atom is 0.118 e. The number of rotatable bonds is 8. The van der Waals surface area contributed by atoms with Gasteiger partial charge in [0.25, 0.3) is 0 Å². The Labute approximate surface area is 110 Å². The lowest BCUT2D eigenvalue weighted by atomic mass is 10.3. The maximum atomic E-state index is 5.59. The topological polar surface area (TPSA) is 28.4 Å². The predicted octanol–water partition coefficient (Wildman–Crippen LogP) is 2.38. The standard InChI is InChI=1S/C15H22N2O/c1-3-7-17(8-4-2)11-15-9-13(12-18-15)10-16-14-5-6-14/h1,9,12,14,16H,4-8,10-11H2,2H3. The van der Waals surface area contributed by atoms with E-state index in [4.69, 9.17) is 10.8 Å². The number of hydrogen-bond donors (Lipinski definition) is 1. The van der Waals surface area contributed by atoms with Gasteiger partial charge in [0.05, 0.1) is 19.4 Å². The van der Waals surface area contributed by atoms with E-state index >= 15 is 0 Å². The lowest BCUT2D eigenvalue weighted by Gasteiger charge is -2.16. The summed E-state index contributed by atoms with van der Waals surface area (Å²) in [6, 6.07) is 2.87. The first-order chi connectivity index (χ1) is 8.81. The van der Waals surface area contributed by atoms with Gasteiger partial charge in [0.1, 0.15) is 5.76 Å². The van der Waals surface area contributed by atoms with E-state index in [0.717, 1.165) is 37.9 Å². The SMILES string of the molecule is C#CCN(CCC)Cc1cc(CNC2CC2)co1. The zero-order chi connectivity index (χ0) is 12.8. The van der Waals surface area contributed by atoms with E-state index in [1.54, 1.807) is 0 Å². The summed E-state index contributed by atoms with van der Waals surface area (Å²) in [5.41, 5.74) is 1.23. The minimum absolute atomic E-state index is 0.685. The zero-order valence-corrected chi connectivity index (χ0v) is 11.1. The first kappa shape index (κ1) is 13.2. The van der Waals surface area contributed by atoms with E-state index in [2.05, 4.69) is 29.1 Å². The van der Waals surface area contributed by atoms with Gasteiger partial charge in [0, 0.05) is 18.2 Å². The molecule has 1 saturated carbocycles. The summed E-state index contributed by atoms with van der Waals surface area (Å²) in [6.45, 7) is 5.58. The molecule has 0 aliphatic heterocycles. The molecular formula is C15H22N2O. The van der Waals surface area contributed by atoms with Crippen molar-refractivity contribution in [2.75, 3.05) is 13.1 Å². The predicted molar refractivity (Wildman–Crippen MR) is 73.0 cm³/mol. The average molecular weight is 246 g/mol. The molecule has 0 spiro atoms. The van der Waals surface area contributed by atoms with Gasteiger partial charge in [-0.25, -0.2) is 0 Å². The lowest BCUT2D eigenvalue weighted by Crippen LogP contribution is -2.24. The smallest absolute Gasteiger partial charge is 0.118 e. The van der Waals surface area contributed by atoms with Crippen molar-refractivity contribution in [1.82, 2.24) is 10.2 Å². The van der Waals surface area contributed by atoms with E-state index in [1.165, 1.54) is 18.4 Å². The minimum atomic E-state index is 0.685. The fourth-order valence-electron chi connectivity index (χ4n) is 2.03. The highest BCUT2D eigenvalue weighted by atomic mass is 16.3. The molecule has 1 aliphatic rings. The van der Waals surface area contributed by atoms with E-state index in [1.807, 2.05) is 6.26 Å². The number of terminal acetylenes is 1. The Morgan fingerprint density at radius 1 is 1.56 bits per heavy atom. The van der Waals surface area contributed by atoms with Crippen LogP contribution in [0.1, 0.15) is 37.5 Å². The molecule has 1 aliphatic carbocycles. The number of nitrogens with zero attached hydrogens (tertiary/aromatic N) is 1. The molecule has 98 valence electrons. The maximum absolute atomic E-state index is 5.59. The van der Waals surface area contributed by atoms with Crippen LogP contribution < -0.4 is 5.32 Å². The van der Waals surface area contributed by atoms with Gasteiger partial charge in [-0.3, -0.25) is 4.90 Å². The molecule has 0 saturated heterocycles.